The van der Waals surface area contributed by atoms with E-state index in [0.29, 0.717) is 5.69 Å². The van der Waals surface area contributed by atoms with Crippen LogP contribution in [0.1, 0.15) is 43.7 Å². The first-order chi connectivity index (χ1) is 16.8. The van der Waals surface area contributed by atoms with E-state index in [9.17, 15) is 27.5 Å². The minimum absolute atomic E-state index is 0.0704. The van der Waals surface area contributed by atoms with Gasteiger partial charge in [0, 0.05) is 23.2 Å². The topological polar surface area (TPSA) is 140 Å². The van der Waals surface area contributed by atoms with Gasteiger partial charge in [-0.3, -0.25) is 4.79 Å². The molecule has 0 bridgehead atoms. The molecule has 1 heterocycles. The summed E-state index contributed by atoms with van der Waals surface area (Å²) in [5, 5.41) is 16.3. The van der Waals surface area contributed by atoms with Crippen LogP contribution in [0.4, 0.5) is 10.1 Å². The van der Waals surface area contributed by atoms with Crippen molar-refractivity contribution in [1.82, 2.24) is 14.5 Å². The number of rotatable bonds is 9. The lowest BCUT2D eigenvalue weighted by Crippen LogP contribution is -2.30. The monoisotopic (exact) mass is 518 g/mol. The number of hydrogen-bond acceptors (Lipinski definition) is 6. The molecule has 10 nitrogen and oxygen atoms in total. The average molecular weight is 519 g/mol. The number of carboxylic acids is 1. The van der Waals surface area contributed by atoms with Gasteiger partial charge in [-0.2, -0.15) is 9.78 Å². The highest BCUT2D eigenvalue weighted by atomic mass is 32.2. The van der Waals surface area contributed by atoms with Crippen molar-refractivity contribution in [3.05, 3.63) is 59.5 Å². The van der Waals surface area contributed by atoms with Crippen molar-refractivity contribution in [2.24, 2.45) is 5.92 Å². The van der Waals surface area contributed by atoms with Crippen molar-refractivity contribution in [3.8, 4) is 17.3 Å². The largest absolute Gasteiger partial charge is 0.476 e. The number of aromatic carboxylic acids is 1. The normalized spacial score (nSPS) is 11.7. The minimum Gasteiger partial charge on any atom is -0.476 e. The second kappa shape index (κ2) is 10.5. The van der Waals surface area contributed by atoms with Gasteiger partial charge in [0.15, 0.2) is 5.69 Å². The van der Waals surface area contributed by atoms with Crippen molar-refractivity contribution in [3.63, 3.8) is 0 Å². The first-order valence-electron chi connectivity index (χ1n) is 11.0. The fraction of sp³-hybridized carbons (Fsp3) is 0.292. The number of sulfonamides is 1. The second-order valence-corrected chi connectivity index (χ2v) is 10.3. The van der Waals surface area contributed by atoms with E-state index in [1.807, 2.05) is 0 Å². The third kappa shape index (κ3) is 5.89. The van der Waals surface area contributed by atoms with Crippen molar-refractivity contribution in [2.75, 3.05) is 5.32 Å². The number of hydrogen-bond donors (Lipinski definition) is 3. The molecule has 1 aromatic heterocycles. The lowest BCUT2D eigenvalue weighted by molar-refractivity contribution is -0.118. The van der Waals surface area contributed by atoms with Gasteiger partial charge in [-0.05, 0) is 63.2 Å². The van der Waals surface area contributed by atoms with Crippen molar-refractivity contribution in [1.29, 1.82) is 0 Å². The maximum absolute atomic E-state index is 13.5. The van der Waals surface area contributed by atoms with Gasteiger partial charge < -0.3 is 15.2 Å². The molecular weight excluding hydrogens is 491 g/mol. The molecule has 3 rings (SSSR count). The molecule has 0 aliphatic carbocycles. The third-order valence-corrected chi connectivity index (χ3v) is 6.64. The zero-order valence-electron chi connectivity index (χ0n) is 20.4. The van der Waals surface area contributed by atoms with Crippen LogP contribution in [-0.4, -0.2) is 41.2 Å². The quantitative estimate of drug-likeness (QED) is 0.388. The second-order valence-electron chi connectivity index (χ2n) is 8.66. The van der Waals surface area contributed by atoms with E-state index in [-0.39, 0.29) is 45.3 Å². The first-order valence-corrected chi connectivity index (χ1v) is 12.5. The number of carbonyl (C=O) groups is 2. The van der Waals surface area contributed by atoms with Crippen molar-refractivity contribution >= 4 is 27.6 Å². The van der Waals surface area contributed by atoms with Crippen LogP contribution in [0.2, 0.25) is 0 Å². The highest BCUT2D eigenvalue weighted by Crippen LogP contribution is 2.35. The fourth-order valence-corrected chi connectivity index (χ4v) is 4.61. The number of benzene rings is 2. The van der Waals surface area contributed by atoms with E-state index in [1.54, 1.807) is 27.7 Å². The maximum atomic E-state index is 13.5. The Morgan fingerprint density at radius 2 is 1.72 bits per heavy atom. The Hall–Kier alpha value is -3.77. The Bertz CT molecular complexity index is 1400. The van der Waals surface area contributed by atoms with E-state index >= 15 is 0 Å². The average Bonchev–Trinajstić information content (AvgIpc) is 3.10. The molecule has 0 unspecified atom stereocenters. The smallest absolute Gasteiger partial charge is 0.356 e. The van der Waals surface area contributed by atoms with Gasteiger partial charge in [-0.1, -0.05) is 13.8 Å². The number of nitrogens with one attached hydrogen (secondary N) is 2. The first kappa shape index (κ1) is 26.8. The Kier molecular flexibility index (Phi) is 7.80. The zero-order chi connectivity index (χ0) is 26.8. The van der Waals surface area contributed by atoms with Crippen LogP contribution in [0, 0.1) is 18.7 Å². The summed E-state index contributed by atoms with van der Waals surface area (Å²) in [6, 6.07) is 8.73. The lowest BCUT2D eigenvalue weighted by Gasteiger charge is -2.17. The molecule has 2 aromatic carbocycles. The van der Waals surface area contributed by atoms with Crippen LogP contribution >= 0.6 is 0 Å². The minimum atomic E-state index is -4.12. The summed E-state index contributed by atoms with van der Waals surface area (Å²) in [6.07, 6.45) is 0. The van der Waals surface area contributed by atoms with Crippen LogP contribution in [0.3, 0.4) is 0 Å². The molecule has 3 aromatic rings. The summed E-state index contributed by atoms with van der Waals surface area (Å²) in [5.74, 6) is -2.67. The summed E-state index contributed by atoms with van der Waals surface area (Å²) in [5.41, 5.74) is 0.344. The molecule has 0 saturated heterocycles. The van der Waals surface area contributed by atoms with Crippen LogP contribution in [0.15, 0.2) is 47.4 Å². The number of carboxylic acid groups (broad SMARTS) is 1. The Labute approximate surface area is 208 Å². The van der Waals surface area contributed by atoms with Crippen molar-refractivity contribution < 1.29 is 32.2 Å². The zero-order valence-corrected chi connectivity index (χ0v) is 21.2. The van der Waals surface area contributed by atoms with E-state index in [0.717, 1.165) is 4.68 Å². The number of amides is 1. The fourth-order valence-electron chi connectivity index (χ4n) is 3.21. The van der Waals surface area contributed by atoms with Crippen LogP contribution in [0.25, 0.3) is 5.69 Å². The van der Waals surface area contributed by atoms with Gasteiger partial charge in [0.2, 0.25) is 21.8 Å². The van der Waals surface area contributed by atoms with Crippen molar-refractivity contribution in [2.45, 2.75) is 45.6 Å². The molecule has 12 heteroatoms. The molecule has 3 N–H and O–H groups in total. The number of halogens is 1. The Morgan fingerprint density at radius 1 is 1.08 bits per heavy atom. The maximum Gasteiger partial charge on any atom is 0.356 e. The molecule has 36 heavy (non-hydrogen) atoms. The third-order valence-electron chi connectivity index (χ3n) is 4.96. The van der Waals surface area contributed by atoms with Crippen LogP contribution in [-0.2, 0) is 14.8 Å². The molecular formula is C24H27FN4O6S. The highest BCUT2D eigenvalue weighted by molar-refractivity contribution is 7.89. The molecule has 0 saturated carbocycles. The number of carbonyl (C=O) groups excluding carboxylic acids is 1. The summed E-state index contributed by atoms with van der Waals surface area (Å²) in [6.45, 7) is 8.16. The predicted molar refractivity (Wildman–Crippen MR) is 131 cm³/mol. The number of aromatic nitrogens is 2. The van der Waals surface area contributed by atoms with Gasteiger partial charge in [0.05, 0.1) is 5.69 Å². The van der Waals surface area contributed by atoms with E-state index in [1.165, 1.54) is 49.4 Å². The van der Waals surface area contributed by atoms with E-state index in [2.05, 4.69) is 15.1 Å². The summed E-state index contributed by atoms with van der Waals surface area (Å²) < 4.78 is 49.4. The standard InChI is InChI=1S/C24H27FN4O6S/c1-13(2)22(30)26-17-8-11-19(20(12-17)36(33,34)28-14(3)4)35-23-15(5)21(24(31)32)27-29(23)18-9-6-16(25)7-10-18/h6-14,28H,1-5H3,(H,26,30)(H,31,32). The van der Waals surface area contributed by atoms with Crippen LogP contribution < -0.4 is 14.8 Å². The number of nitrogens with zero attached hydrogens (tertiary/aromatic N) is 2. The molecule has 1 amide bonds. The Balaban J connectivity index is 2.17. The van der Waals surface area contributed by atoms with Crippen LogP contribution in [0.5, 0.6) is 11.6 Å². The summed E-state index contributed by atoms with van der Waals surface area (Å²) in [4.78, 5) is 23.6. The van der Waals surface area contributed by atoms with Gasteiger partial charge in [0.1, 0.15) is 16.5 Å². The Morgan fingerprint density at radius 3 is 2.28 bits per heavy atom. The lowest BCUT2D eigenvalue weighted by atomic mass is 10.2. The molecule has 0 fully saturated rings. The van der Waals surface area contributed by atoms with E-state index < -0.39 is 27.9 Å². The summed E-state index contributed by atoms with van der Waals surface area (Å²) in [7, 11) is -4.12. The molecule has 0 aliphatic heterocycles. The number of ether oxygens (including phenoxy) is 1. The summed E-state index contributed by atoms with van der Waals surface area (Å²) >= 11 is 0. The van der Waals surface area contributed by atoms with Gasteiger partial charge in [0.25, 0.3) is 0 Å². The number of anilines is 1. The predicted octanol–water partition coefficient (Wildman–Crippen LogP) is 4.09. The van der Waals surface area contributed by atoms with Gasteiger partial charge in [-0.25, -0.2) is 22.3 Å². The molecule has 0 atom stereocenters. The molecule has 0 radical (unpaired) electrons. The molecule has 0 aliphatic rings. The SMILES string of the molecule is Cc1c(C(=O)O)nn(-c2ccc(F)cc2)c1Oc1ccc(NC(=O)C(C)C)cc1S(=O)(=O)NC(C)C. The van der Waals surface area contributed by atoms with Gasteiger partial charge in [-0.15, -0.1) is 0 Å². The molecule has 192 valence electrons. The highest BCUT2D eigenvalue weighted by Gasteiger charge is 2.27. The van der Waals surface area contributed by atoms with Gasteiger partial charge >= 0.3 is 5.97 Å². The molecule has 0 spiro atoms. The van der Waals surface area contributed by atoms with E-state index in [4.69, 9.17) is 4.74 Å².